The van der Waals surface area contributed by atoms with E-state index in [4.69, 9.17) is 4.74 Å². The third-order valence-corrected chi connectivity index (χ3v) is 6.02. The Morgan fingerprint density at radius 3 is 2.71 bits per heavy atom. The van der Waals surface area contributed by atoms with Crippen LogP contribution < -0.4 is 15.4 Å². The summed E-state index contributed by atoms with van der Waals surface area (Å²) < 4.78 is 28.7. The zero-order valence-electron chi connectivity index (χ0n) is 17.4. The van der Waals surface area contributed by atoms with Crippen molar-refractivity contribution in [2.45, 2.75) is 64.6 Å². The maximum Gasteiger partial charge on any atom is 0.213 e. The number of aliphatic imine (C=N–C) groups is 1. The molecule has 1 saturated carbocycles. The van der Waals surface area contributed by atoms with Crippen molar-refractivity contribution in [1.82, 2.24) is 15.6 Å². The van der Waals surface area contributed by atoms with Crippen LogP contribution in [0, 0.1) is 5.92 Å². The molecule has 0 aliphatic heterocycles. The summed E-state index contributed by atoms with van der Waals surface area (Å²) >= 11 is 0. The lowest BCUT2D eigenvalue weighted by molar-refractivity contribution is 0.130. The van der Waals surface area contributed by atoms with Gasteiger partial charge in [0.15, 0.2) is 5.96 Å². The number of hydrogen-bond donors (Lipinski definition) is 2. The highest BCUT2D eigenvalue weighted by Gasteiger charge is 2.20. The summed E-state index contributed by atoms with van der Waals surface area (Å²) in [6.45, 7) is 4.82. The Bertz CT molecular complexity index is 744. The van der Waals surface area contributed by atoms with Crippen LogP contribution >= 0.6 is 0 Å². The Morgan fingerprint density at radius 2 is 2.07 bits per heavy atom. The van der Waals surface area contributed by atoms with Crippen LogP contribution in [0.3, 0.4) is 0 Å². The highest BCUT2D eigenvalue weighted by Crippen LogP contribution is 2.26. The number of rotatable bonds is 8. The van der Waals surface area contributed by atoms with Gasteiger partial charge in [-0.15, -0.1) is 0 Å². The number of nitrogens with zero attached hydrogens (tertiary/aromatic N) is 2. The van der Waals surface area contributed by atoms with Crippen molar-refractivity contribution >= 4 is 15.8 Å². The highest BCUT2D eigenvalue weighted by molar-refractivity contribution is 7.90. The topological polar surface area (TPSA) is 92.7 Å². The van der Waals surface area contributed by atoms with Crippen molar-refractivity contribution in [3.8, 4) is 5.88 Å². The maximum absolute atomic E-state index is 11.3. The first-order valence-electron chi connectivity index (χ1n) is 10.0. The minimum atomic E-state index is -2.96. The van der Waals surface area contributed by atoms with Gasteiger partial charge >= 0.3 is 0 Å². The predicted molar refractivity (Wildman–Crippen MR) is 113 cm³/mol. The zero-order valence-corrected chi connectivity index (χ0v) is 18.3. The lowest BCUT2D eigenvalue weighted by atomic mass is 9.89. The van der Waals surface area contributed by atoms with Gasteiger partial charge in [0.25, 0.3) is 0 Å². The fourth-order valence-corrected chi connectivity index (χ4v) is 4.00. The van der Waals surface area contributed by atoms with E-state index in [0.29, 0.717) is 24.8 Å². The molecule has 0 spiro atoms. The molecule has 158 valence electrons. The van der Waals surface area contributed by atoms with E-state index in [2.05, 4.69) is 27.5 Å². The lowest BCUT2D eigenvalue weighted by Gasteiger charge is -2.26. The normalized spacial score (nSPS) is 21.8. The Kier molecular flexibility index (Phi) is 8.54. The van der Waals surface area contributed by atoms with Gasteiger partial charge in [-0.05, 0) is 56.6 Å². The molecule has 0 bridgehead atoms. The number of nitrogens with one attached hydrogen (secondary N) is 2. The molecule has 2 rings (SSSR count). The maximum atomic E-state index is 11.3. The van der Waals surface area contributed by atoms with Crippen LogP contribution in [0.1, 0.15) is 51.5 Å². The van der Waals surface area contributed by atoms with Crippen LogP contribution in [0.25, 0.3) is 0 Å². The van der Waals surface area contributed by atoms with Crippen LogP contribution in [0.2, 0.25) is 0 Å². The minimum Gasteiger partial charge on any atom is -0.474 e. The summed E-state index contributed by atoms with van der Waals surface area (Å²) in [5, 5.41) is 6.48. The molecule has 1 atom stereocenters. The molecule has 8 heteroatoms. The molecule has 2 N–H and O–H groups in total. The summed E-state index contributed by atoms with van der Waals surface area (Å²) in [6, 6.07) is 3.92. The monoisotopic (exact) mass is 410 g/mol. The SMILES string of the molecule is CN=C(NCc1ccnc(OC2CCC(C)CC2)c1)NC(C)CCS(C)(=O)=O. The van der Waals surface area contributed by atoms with Gasteiger partial charge in [0.1, 0.15) is 15.9 Å². The molecule has 0 saturated heterocycles. The van der Waals surface area contributed by atoms with E-state index in [1.807, 2.05) is 19.1 Å². The molecule has 1 heterocycles. The average molecular weight is 411 g/mol. The first kappa shape index (κ1) is 22.5. The second-order valence-electron chi connectivity index (χ2n) is 7.89. The molecule has 1 aliphatic rings. The van der Waals surface area contributed by atoms with E-state index in [1.54, 1.807) is 13.2 Å². The third-order valence-electron chi connectivity index (χ3n) is 5.04. The van der Waals surface area contributed by atoms with Gasteiger partial charge in [0.2, 0.25) is 5.88 Å². The van der Waals surface area contributed by atoms with Crippen molar-refractivity contribution < 1.29 is 13.2 Å². The highest BCUT2D eigenvalue weighted by atomic mass is 32.2. The molecule has 0 aromatic carbocycles. The molecule has 1 aromatic rings. The molecule has 1 aromatic heterocycles. The standard InChI is InChI=1S/C20H34N4O3S/c1-15-5-7-18(8-6-15)27-19-13-17(9-11-22-19)14-23-20(21-3)24-16(2)10-12-28(4,25)26/h9,11,13,15-16,18H,5-8,10,12,14H2,1-4H3,(H2,21,23,24). The Balaban J connectivity index is 1.82. The number of ether oxygens (including phenoxy) is 1. The second kappa shape index (κ2) is 10.6. The van der Waals surface area contributed by atoms with Crippen LogP contribution in [0.5, 0.6) is 5.88 Å². The molecule has 1 aliphatic carbocycles. The first-order chi connectivity index (χ1) is 13.2. The van der Waals surface area contributed by atoms with Gasteiger partial charge in [0.05, 0.1) is 5.75 Å². The van der Waals surface area contributed by atoms with Gasteiger partial charge in [-0.25, -0.2) is 13.4 Å². The minimum absolute atomic E-state index is 0.00551. The van der Waals surface area contributed by atoms with Crippen molar-refractivity contribution in [2.24, 2.45) is 10.9 Å². The quantitative estimate of drug-likeness (QED) is 0.505. The van der Waals surface area contributed by atoms with E-state index in [0.717, 1.165) is 24.3 Å². The van der Waals surface area contributed by atoms with Gasteiger partial charge in [-0.2, -0.15) is 0 Å². The lowest BCUT2D eigenvalue weighted by Crippen LogP contribution is -2.42. The molecule has 1 fully saturated rings. The van der Waals surface area contributed by atoms with Gasteiger partial charge < -0.3 is 15.4 Å². The molecular weight excluding hydrogens is 376 g/mol. The Labute approximate surface area is 169 Å². The van der Waals surface area contributed by atoms with Gasteiger partial charge in [0, 0.05) is 38.2 Å². The predicted octanol–water partition coefficient (Wildman–Crippen LogP) is 2.53. The van der Waals surface area contributed by atoms with Crippen LogP contribution in [0.15, 0.2) is 23.3 Å². The van der Waals surface area contributed by atoms with Crippen LogP contribution in [-0.4, -0.2) is 50.6 Å². The van der Waals surface area contributed by atoms with Crippen molar-refractivity contribution in [3.63, 3.8) is 0 Å². The smallest absolute Gasteiger partial charge is 0.213 e. The summed E-state index contributed by atoms with van der Waals surface area (Å²) in [4.78, 5) is 8.55. The first-order valence-corrected chi connectivity index (χ1v) is 12.1. The van der Waals surface area contributed by atoms with E-state index in [-0.39, 0.29) is 17.9 Å². The third kappa shape index (κ3) is 8.46. The van der Waals surface area contributed by atoms with Crippen molar-refractivity contribution in [2.75, 3.05) is 19.1 Å². The largest absolute Gasteiger partial charge is 0.474 e. The molecule has 1 unspecified atom stereocenters. The molecule has 7 nitrogen and oxygen atoms in total. The van der Waals surface area contributed by atoms with Crippen molar-refractivity contribution in [1.29, 1.82) is 0 Å². The Hall–Kier alpha value is -1.83. The number of sulfone groups is 1. The van der Waals surface area contributed by atoms with Crippen LogP contribution in [-0.2, 0) is 16.4 Å². The van der Waals surface area contributed by atoms with Gasteiger partial charge in [-0.1, -0.05) is 6.92 Å². The summed E-state index contributed by atoms with van der Waals surface area (Å²) in [5.74, 6) is 2.26. The van der Waals surface area contributed by atoms with Crippen molar-refractivity contribution in [3.05, 3.63) is 23.9 Å². The van der Waals surface area contributed by atoms with E-state index in [1.165, 1.54) is 19.1 Å². The molecular formula is C20H34N4O3S. The van der Waals surface area contributed by atoms with E-state index < -0.39 is 9.84 Å². The van der Waals surface area contributed by atoms with E-state index >= 15 is 0 Å². The number of pyridine rings is 1. The molecule has 0 radical (unpaired) electrons. The summed E-state index contributed by atoms with van der Waals surface area (Å²) in [7, 11) is -1.26. The fraction of sp³-hybridized carbons (Fsp3) is 0.700. The number of hydrogen-bond acceptors (Lipinski definition) is 5. The molecule has 0 amide bonds. The van der Waals surface area contributed by atoms with Gasteiger partial charge in [-0.3, -0.25) is 4.99 Å². The molecule has 28 heavy (non-hydrogen) atoms. The average Bonchev–Trinajstić information content (AvgIpc) is 2.65. The second-order valence-corrected chi connectivity index (χ2v) is 10.2. The summed E-state index contributed by atoms with van der Waals surface area (Å²) in [6.07, 6.45) is 8.42. The summed E-state index contributed by atoms with van der Waals surface area (Å²) in [5.41, 5.74) is 1.06. The Morgan fingerprint density at radius 1 is 1.36 bits per heavy atom. The fourth-order valence-electron chi connectivity index (χ4n) is 3.22. The number of guanidine groups is 1. The van der Waals surface area contributed by atoms with E-state index in [9.17, 15) is 8.42 Å². The zero-order chi connectivity index (χ0) is 20.6. The number of aromatic nitrogens is 1. The van der Waals surface area contributed by atoms with Crippen LogP contribution in [0.4, 0.5) is 0 Å².